The van der Waals surface area contributed by atoms with Crippen molar-refractivity contribution in [3.8, 4) is 0 Å². The highest BCUT2D eigenvalue weighted by atomic mass is 35.5. The second-order valence-electron chi connectivity index (χ2n) is 4.76. The molecule has 3 heteroatoms. The maximum Gasteiger partial charge on any atom is 0.0754 e. The van der Waals surface area contributed by atoms with Crippen LogP contribution in [0.5, 0.6) is 0 Å². The van der Waals surface area contributed by atoms with Crippen LogP contribution < -0.4 is 5.32 Å². The van der Waals surface area contributed by atoms with E-state index in [2.05, 4.69) is 49.3 Å². The number of aryl methyl sites for hydroxylation is 2. The summed E-state index contributed by atoms with van der Waals surface area (Å²) < 4.78 is 0. The molecule has 1 atom stereocenters. The Bertz CT molecular complexity index is 549. The highest BCUT2D eigenvalue weighted by Crippen LogP contribution is 2.24. The molecule has 2 nitrogen and oxygen atoms in total. The molecule has 1 unspecified atom stereocenters. The number of hydrogen-bond acceptors (Lipinski definition) is 2. The molecule has 1 N–H and O–H groups in total. The summed E-state index contributed by atoms with van der Waals surface area (Å²) in [4.78, 5) is 4.60. The fourth-order valence-corrected chi connectivity index (χ4v) is 2.39. The molecule has 0 saturated carbocycles. The highest BCUT2D eigenvalue weighted by molar-refractivity contribution is 6.30. The molecule has 0 aliphatic rings. The molecule has 0 spiro atoms. The number of benzene rings is 1. The number of aromatic nitrogens is 1. The van der Waals surface area contributed by atoms with Crippen LogP contribution in [0.25, 0.3) is 0 Å². The third kappa shape index (κ3) is 3.34. The molecule has 1 heterocycles. The first-order valence-electron chi connectivity index (χ1n) is 6.53. The van der Waals surface area contributed by atoms with Gasteiger partial charge in [-0.05, 0) is 49.2 Å². The first-order valence-corrected chi connectivity index (χ1v) is 6.91. The van der Waals surface area contributed by atoms with Gasteiger partial charge in [-0.3, -0.25) is 4.98 Å². The first kappa shape index (κ1) is 14.0. The maximum atomic E-state index is 5.96. The van der Waals surface area contributed by atoms with Crippen molar-refractivity contribution in [1.82, 2.24) is 10.3 Å². The van der Waals surface area contributed by atoms with E-state index in [1.54, 1.807) is 0 Å². The molecule has 0 fully saturated rings. The fourth-order valence-electron chi connectivity index (χ4n) is 2.26. The van der Waals surface area contributed by atoms with Gasteiger partial charge in [0.05, 0.1) is 11.7 Å². The van der Waals surface area contributed by atoms with Gasteiger partial charge in [-0.15, -0.1) is 0 Å². The summed E-state index contributed by atoms with van der Waals surface area (Å²) in [5.41, 5.74) is 4.66. The summed E-state index contributed by atoms with van der Waals surface area (Å²) in [5.74, 6) is 0. The molecule has 19 heavy (non-hydrogen) atoms. The van der Waals surface area contributed by atoms with Crippen molar-refractivity contribution in [1.29, 1.82) is 0 Å². The third-order valence-electron chi connectivity index (χ3n) is 3.14. The molecule has 0 radical (unpaired) electrons. The summed E-state index contributed by atoms with van der Waals surface area (Å²) in [5, 5.41) is 4.25. The van der Waals surface area contributed by atoms with Gasteiger partial charge in [0.15, 0.2) is 0 Å². The highest BCUT2D eigenvalue weighted by Gasteiger charge is 2.16. The Labute approximate surface area is 119 Å². The molecule has 0 aliphatic carbocycles. The predicted molar refractivity (Wildman–Crippen MR) is 80.7 cm³/mol. The van der Waals surface area contributed by atoms with Crippen molar-refractivity contribution in [2.24, 2.45) is 0 Å². The summed E-state index contributed by atoms with van der Waals surface area (Å²) in [6.07, 6.45) is 1.92. The van der Waals surface area contributed by atoms with Crippen LogP contribution in [0.15, 0.2) is 36.5 Å². The van der Waals surface area contributed by atoms with Crippen LogP contribution in [0.3, 0.4) is 0 Å². The van der Waals surface area contributed by atoms with E-state index in [0.717, 1.165) is 17.3 Å². The lowest BCUT2D eigenvalue weighted by Crippen LogP contribution is -2.23. The number of halogens is 1. The Morgan fingerprint density at radius 1 is 1.21 bits per heavy atom. The minimum absolute atomic E-state index is 0.114. The van der Waals surface area contributed by atoms with E-state index < -0.39 is 0 Å². The second-order valence-corrected chi connectivity index (χ2v) is 5.19. The van der Waals surface area contributed by atoms with Crippen molar-refractivity contribution in [3.63, 3.8) is 0 Å². The Kier molecular flexibility index (Phi) is 4.56. The Morgan fingerprint density at radius 2 is 1.89 bits per heavy atom. The fraction of sp³-hybridized carbons (Fsp3) is 0.312. The molecule has 100 valence electrons. The Hall–Kier alpha value is -1.38. The van der Waals surface area contributed by atoms with E-state index in [9.17, 15) is 0 Å². The minimum Gasteiger partial charge on any atom is -0.305 e. The van der Waals surface area contributed by atoms with Crippen LogP contribution in [-0.4, -0.2) is 11.5 Å². The molecule has 0 aliphatic heterocycles. The maximum absolute atomic E-state index is 5.96. The van der Waals surface area contributed by atoms with Gasteiger partial charge in [0.2, 0.25) is 0 Å². The normalized spacial score (nSPS) is 12.4. The van der Waals surface area contributed by atoms with Gasteiger partial charge in [0.25, 0.3) is 0 Å². The Balaban J connectivity index is 2.41. The zero-order chi connectivity index (χ0) is 13.8. The van der Waals surface area contributed by atoms with Crippen LogP contribution >= 0.6 is 11.6 Å². The molecular weight excluding hydrogens is 256 g/mol. The molecular formula is C16H19ClN2. The van der Waals surface area contributed by atoms with Crippen LogP contribution in [0.4, 0.5) is 0 Å². The second kappa shape index (κ2) is 6.18. The largest absolute Gasteiger partial charge is 0.305 e. The van der Waals surface area contributed by atoms with Gasteiger partial charge in [0.1, 0.15) is 0 Å². The predicted octanol–water partition coefficient (Wildman–Crippen LogP) is 4.05. The zero-order valence-corrected chi connectivity index (χ0v) is 12.3. The van der Waals surface area contributed by atoms with E-state index in [0.29, 0.717) is 0 Å². The van der Waals surface area contributed by atoms with Crippen LogP contribution in [-0.2, 0) is 0 Å². The van der Waals surface area contributed by atoms with Crippen molar-refractivity contribution in [2.75, 3.05) is 6.54 Å². The molecule has 1 aromatic carbocycles. The van der Waals surface area contributed by atoms with E-state index in [1.165, 1.54) is 16.7 Å². The van der Waals surface area contributed by atoms with Crippen molar-refractivity contribution >= 4 is 11.6 Å². The van der Waals surface area contributed by atoms with Gasteiger partial charge in [-0.1, -0.05) is 36.7 Å². The van der Waals surface area contributed by atoms with E-state index in [4.69, 9.17) is 11.6 Å². The molecule has 2 rings (SSSR count). The SMILES string of the molecule is CCNC(c1ccc(Cl)cc1)c1ncc(C)cc1C. The van der Waals surface area contributed by atoms with Crippen LogP contribution in [0.2, 0.25) is 5.02 Å². The molecule has 0 bridgehead atoms. The Morgan fingerprint density at radius 3 is 2.47 bits per heavy atom. The van der Waals surface area contributed by atoms with Gasteiger partial charge < -0.3 is 5.32 Å². The smallest absolute Gasteiger partial charge is 0.0754 e. The minimum atomic E-state index is 0.114. The number of pyridine rings is 1. The van der Waals surface area contributed by atoms with E-state index >= 15 is 0 Å². The molecule has 2 aromatic rings. The lowest BCUT2D eigenvalue weighted by molar-refractivity contribution is 0.611. The molecule has 0 amide bonds. The number of nitrogens with one attached hydrogen (secondary N) is 1. The molecule has 1 aromatic heterocycles. The first-order chi connectivity index (χ1) is 9.11. The topological polar surface area (TPSA) is 24.9 Å². The zero-order valence-electron chi connectivity index (χ0n) is 11.6. The summed E-state index contributed by atoms with van der Waals surface area (Å²) >= 11 is 5.96. The van der Waals surface area contributed by atoms with E-state index in [1.807, 2.05) is 18.3 Å². The average molecular weight is 275 g/mol. The number of rotatable bonds is 4. The monoisotopic (exact) mass is 274 g/mol. The lowest BCUT2D eigenvalue weighted by atomic mass is 9.99. The summed E-state index contributed by atoms with van der Waals surface area (Å²) in [6, 6.07) is 10.2. The quantitative estimate of drug-likeness (QED) is 0.910. The summed E-state index contributed by atoms with van der Waals surface area (Å²) in [6.45, 7) is 7.17. The summed E-state index contributed by atoms with van der Waals surface area (Å²) in [7, 11) is 0. The van der Waals surface area contributed by atoms with Gasteiger partial charge in [0, 0.05) is 11.2 Å². The standard InChI is InChI=1S/C16H19ClN2/c1-4-18-16(13-5-7-14(17)8-6-13)15-12(3)9-11(2)10-19-15/h5-10,16,18H,4H2,1-3H3. The van der Waals surface area contributed by atoms with Gasteiger partial charge in [-0.25, -0.2) is 0 Å². The number of hydrogen-bond donors (Lipinski definition) is 1. The molecule has 0 saturated heterocycles. The van der Waals surface area contributed by atoms with E-state index in [-0.39, 0.29) is 6.04 Å². The average Bonchev–Trinajstić information content (AvgIpc) is 2.38. The van der Waals surface area contributed by atoms with Crippen LogP contribution in [0, 0.1) is 13.8 Å². The van der Waals surface area contributed by atoms with Crippen LogP contribution in [0.1, 0.15) is 35.3 Å². The lowest BCUT2D eigenvalue weighted by Gasteiger charge is -2.20. The van der Waals surface area contributed by atoms with Crippen molar-refractivity contribution in [3.05, 3.63) is 63.9 Å². The van der Waals surface area contributed by atoms with Crippen molar-refractivity contribution in [2.45, 2.75) is 26.8 Å². The van der Waals surface area contributed by atoms with Gasteiger partial charge in [-0.2, -0.15) is 0 Å². The third-order valence-corrected chi connectivity index (χ3v) is 3.39. The van der Waals surface area contributed by atoms with Gasteiger partial charge >= 0.3 is 0 Å². The number of nitrogens with zero attached hydrogens (tertiary/aromatic N) is 1. The van der Waals surface area contributed by atoms with Crippen molar-refractivity contribution < 1.29 is 0 Å².